The van der Waals surface area contributed by atoms with Crippen molar-refractivity contribution in [3.8, 4) is 5.75 Å². The molecule has 1 aromatic heterocycles. The van der Waals surface area contributed by atoms with Crippen LogP contribution < -0.4 is 4.74 Å². The fourth-order valence-corrected chi connectivity index (χ4v) is 4.36. The van der Waals surface area contributed by atoms with E-state index in [2.05, 4.69) is 32.5 Å². The van der Waals surface area contributed by atoms with Crippen LogP contribution in [0.3, 0.4) is 0 Å². The number of piperidine rings is 1. The average molecular weight is 365 g/mol. The van der Waals surface area contributed by atoms with Gasteiger partial charge in [0.25, 0.3) is 0 Å². The molecule has 1 aromatic carbocycles. The Hall–Kier alpha value is -2.02. The molecular weight excluding hydrogens is 343 g/mol. The lowest BCUT2D eigenvalue weighted by molar-refractivity contribution is -0.274. The van der Waals surface area contributed by atoms with Crippen molar-refractivity contribution in [3.05, 3.63) is 47.8 Å². The minimum atomic E-state index is -4.65. The Bertz CT molecular complexity index is 742. The normalized spacial score (nSPS) is 26.2. The molecule has 2 unspecified atom stereocenters. The van der Waals surface area contributed by atoms with E-state index in [-0.39, 0.29) is 5.75 Å². The number of rotatable bonds is 4. The van der Waals surface area contributed by atoms with Gasteiger partial charge in [-0.3, -0.25) is 9.58 Å². The van der Waals surface area contributed by atoms with Gasteiger partial charge in [0.05, 0.1) is 12.2 Å². The molecule has 2 atom stereocenters. The summed E-state index contributed by atoms with van der Waals surface area (Å²) < 4.78 is 42.8. The van der Waals surface area contributed by atoms with Crippen LogP contribution in [0.25, 0.3) is 0 Å². The molecule has 2 bridgehead atoms. The van der Waals surface area contributed by atoms with Crippen molar-refractivity contribution in [1.29, 1.82) is 0 Å². The highest BCUT2D eigenvalue weighted by Gasteiger charge is 2.41. The third-order valence-corrected chi connectivity index (χ3v) is 5.49. The number of nitrogens with zero attached hydrogens (tertiary/aromatic N) is 3. The summed E-state index contributed by atoms with van der Waals surface area (Å²) in [5, 5.41) is 4.48. The first kappa shape index (κ1) is 17.4. The lowest BCUT2D eigenvalue weighted by atomic mass is 9.96. The van der Waals surface area contributed by atoms with E-state index in [0.717, 1.165) is 24.9 Å². The molecule has 0 radical (unpaired) electrons. The highest BCUT2D eigenvalue weighted by atomic mass is 19.4. The van der Waals surface area contributed by atoms with Gasteiger partial charge >= 0.3 is 6.36 Å². The quantitative estimate of drug-likeness (QED) is 0.801. The molecular formula is C19H22F3N3O. The topological polar surface area (TPSA) is 30.3 Å². The third-order valence-electron chi connectivity index (χ3n) is 5.49. The Morgan fingerprint density at radius 2 is 1.73 bits per heavy atom. The zero-order chi connectivity index (χ0) is 18.3. The Balaban J connectivity index is 1.40. The number of benzene rings is 1. The standard InChI is InChI=1S/C19H22F3N3O/c1-13-10-23-25(11-13)17-8-15-4-5-16(9-17)24(15)12-14-2-6-18(7-3-14)26-19(20,21)22/h2-3,6-7,10-11,15-17H,4-5,8-9,12H2,1H3. The highest BCUT2D eigenvalue weighted by Crippen LogP contribution is 2.41. The van der Waals surface area contributed by atoms with Crippen molar-refractivity contribution in [2.75, 3.05) is 0 Å². The first-order valence-corrected chi connectivity index (χ1v) is 8.98. The summed E-state index contributed by atoms with van der Waals surface area (Å²) >= 11 is 0. The SMILES string of the molecule is Cc1cnn(C2CC3CCC(C2)N3Cc2ccc(OC(F)(F)F)cc2)c1. The first-order chi connectivity index (χ1) is 12.4. The highest BCUT2D eigenvalue weighted by molar-refractivity contribution is 5.27. The minimum Gasteiger partial charge on any atom is -0.406 e. The molecule has 2 aliphatic heterocycles. The van der Waals surface area contributed by atoms with E-state index in [0.29, 0.717) is 18.1 Å². The monoisotopic (exact) mass is 365 g/mol. The van der Waals surface area contributed by atoms with Crippen molar-refractivity contribution in [2.24, 2.45) is 0 Å². The molecule has 26 heavy (non-hydrogen) atoms. The molecule has 2 saturated heterocycles. The number of aryl methyl sites for hydroxylation is 1. The van der Waals surface area contributed by atoms with E-state index in [1.807, 2.05) is 6.20 Å². The lowest BCUT2D eigenvalue weighted by Crippen LogP contribution is -2.42. The van der Waals surface area contributed by atoms with Gasteiger partial charge in [-0.25, -0.2) is 0 Å². The molecule has 140 valence electrons. The van der Waals surface area contributed by atoms with Crippen LogP contribution in [0, 0.1) is 6.92 Å². The summed E-state index contributed by atoms with van der Waals surface area (Å²) in [4.78, 5) is 2.51. The van der Waals surface area contributed by atoms with Gasteiger partial charge in [0.15, 0.2) is 0 Å². The molecule has 7 heteroatoms. The smallest absolute Gasteiger partial charge is 0.406 e. The molecule has 0 spiro atoms. The number of alkyl halides is 3. The molecule has 2 fully saturated rings. The Kier molecular flexibility index (Phi) is 4.42. The van der Waals surface area contributed by atoms with Crippen molar-refractivity contribution >= 4 is 0 Å². The van der Waals surface area contributed by atoms with E-state index in [1.165, 1.54) is 30.5 Å². The Labute approximate surface area is 150 Å². The van der Waals surface area contributed by atoms with Crippen LogP contribution in [0.15, 0.2) is 36.7 Å². The molecule has 0 saturated carbocycles. The number of hydrogen-bond acceptors (Lipinski definition) is 3. The number of aromatic nitrogens is 2. The molecule has 3 heterocycles. The van der Waals surface area contributed by atoms with Gasteiger partial charge in [-0.2, -0.15) is 5.10 Å². The molecule has 0 amide bonds. The van der Waals surface area contributed by atoms with Crippen molar-refractivity contribution in [1.82, 2.24) is 14.7 Å². The molecule has 2 aliphatic rings. The van der Waals surface area contributed by atoms with Crippen LogP contribution in [0.5, 0.6) is 5.75 Å². The predicted molar refractivity (Wildman–Crippen MR) is 90.7 cm³/mol. The predicted octanol–water partition coefficient (Wildman–Crippen LogP) is 4.46. The summed E-state index contributed by atoms with van der Waals surface area (Å²) in [6, 6.07) is 7.70. The third kappa shape index (κ3) is 3.72. The van der Waals surface area contributed by atoms with E-state index >= 15 is 0 Å². The maximum Gasteiger partial charge on any atom is 0.573 e. The largest absolute Gasteiger partial charge is 0.573 e. The summed E-state index contributed by atoms with van der Waals surface area (Å²) in [5.41, 5.74) is 2.20. The molecule has 0 aliphatic carbocycles. The second-order valence-electron chi connectivity index (χ2n) is 7.37. The van der Waals surface area contributed by atoms with Gasteiger partial charge in [0.2, 0.25) is 0 Å². The number of hydrogen-bond donors (Lipinski definition) is 0. The van der Waals surface area contributed by atoms with Crippen LogP contribution >= 0.6 is 0 Å². The van der Waals surface area contributed by atoms with Gasteiger partial charge in [0, 0.05) is 24.8 Å². The second kappa shape index (κ2) is 6.61. The average Bonchev–Trinajstić information content (AvgIpc) is 3.08. The van der Waals surface area contributed by atoms with Crippen LogP contribution in [0.1, 0.15) is 42.9 Å². The molecule has 2 aromatic rings. The number of ether oxygens (including phenoxy) is 1. The van der Waals surface area contributed by atoms with Crippen LogP contribution in [-0.4, -0.2) is 33.1 Å². The summed E-state index contributed by atoms with van der Waals surface area (Å²) in [6.45, 7) is 2.83. The summed E-state index contributed by atoms with van der Waals surface area (Å²) in [5.74, 6) is -0.169. The molecule has 4 nitrogen and oxygen atoms in total. The zero-order valence-corrected chi connectivity index (χ0v) is 14.6. The van der Waals surface area contributed by atoms with Crippen molar-refractivity contribution in [2.45, 2.75) is 63.6 Å². The second-order valence-corrected chi connectivity index (χ2v) is 7.37. The van der Waals surface area contributed by atoms with Crippen LogP contribution in [0.2, 0.25) is 0 Å². The maximum absolute atomic E-state index is 12.3. The number of halogens is 3. The van der Waals surface area contributed by atoms with Crippen LogP contribution in [0.4, 0.5) is 13.2 Å². The molecule has 4 rings (SSSR count). The van der Waals surface area contributed by atoms with Gasteiger partial charge in [0.1, 0.15) is 5.75 Å². The van der Waals surface area contributed by atoms with Crippen molar-refractivity contribution in [3.63, 3.8) is 0 Å². The van der Waals surface area contributed by atoms with Gasteiger partial charge in [-0.15, -0.1) is 13.2 Å². The first-order valence-electron chi connectivity index (χ1n) is 8.98. The van der Waals surface area contributed by atoms with Gasteiger partial charge in [-0.05, 0) is 55.9 Å². The minimum absolute atomic E-state index is 0.169. The zero-order valence-electron chi connectivity index (χ0n) is 14.6. The Morgan fingerprint density at radius 3 is 2.27 bits per heavy atom. The van der Waals surface area contributed by atoms with Crippen molar-refractivity contribution < 1.29 is 17.9 Å². The van der Waals surface area contributed by atoms with Gasteiger partial charge in [-0.1, -0.05) is 12.1 Å². The summed E-state index contributed by atoms with van der Waals surface area (Å²) in [6.07, 6.45) is 3.87. The Morgan fingerprint density at radius 1 is 1.08 bits per heavy atom. The van der Waals surface area contributed by atoms with E-state index in [4.69, 9.17) is 0 Å². The lowest BCUT2D eigenvalue weighted by Gasteiger charge is -2.39. The van der Waals surface area contributed by atoms with E-state index in [1.54, 1.807) is 12.1 Å². The van der Waals surface area contributed by atoms with Gasteiger partial charge < -0.3 is 4.74 Å². The summed E-state index contributed by atoms with van der Waals surface area (Å²) in [7, 11) is 0. The fraction of sp³-hybridized carbons (Fsp3) is 0.526. The van der Waals surface area contributed by atoms with E-state index in [9.17, 15) is 13.2 Å². The fourth-order valence-electron chi connectivity index (χ4n) is 4.36. The van der Waals surface area contributed by atoms with Crippen LogP contribution in [-0.2, 0) is 6.54 Å². The number of fused-ring (bicyclic) bond motifs is 2. The maximum atomic E-state index is 12.3. The van der Waals surface area contributed by atoms with E-state index < -0.39 is 6.36 Å². The molecule has 0 N–H and O–H groups in total.